The van der Waals surface area contributed by atoms with E-state index in [1.165, 1.54) is 10.8 Å². The quantitative estimate of drug-likeness (QED) is 0.514. The highest BCUT2D eigenvalue weighted by atomic mass is 16.3. The number of aromatic hydroxyl groups is 1. The molecule has 2 amide bonds. The number of amides is 2. The van der Waals surface area contributed by atoms with Crippen LogP contribution in [0.3, 0.4) is 0 Å². The van der Waals surface area contributed by atoms with Crippen LogP contribution in [-0.2, 0) is 6.54 Å². The van der Waals surface area contributed by atoms with Gasteiger partial charge in [-0.3, -0.25) is 23.9 Å². The van der Waals surface area contributed by atoms with Gasteiger partial charge >= 0.3 is 0 Å². The molecule has 1 atom stereocenters. The molecule has 0 aliphatic heterocycles. The first-order valence-corrected chi connectivity index (χ1v) is 10.6. The summed E-state index contributed by atoms with van der Waals surface area (Å²) in [4.78, 5) is 43.0. The summed E-state index contributed by atoms with van der Waals surface area (Å²) in [5.41, 5.74) is -0.210. The topological polar surface area (TPSA) is 131 Å². The van der Waals surface area contributed by atoms with E-state index in [1.54, 1.807) is 25.3 Å². The van der Waals surface area contributed by atoms with Crippen LogP contribution in [0, 0.1) is 5.92 Å². The van der Waals surface area contributed by atoms with Gasteiger partial charge in [-0.25, -0.2) is 0 Å². The number of pyridine rings is 1. The first-order chi connectivity index (χ1) is 15.3. The summed E-state index contributed by atoms with van der Waals surface area (Å²) < 4.78 is 2.41. The Morgan fingerprint density at radius 2 is 1.97 bits per heavy atom. The fourth-order valence-electron chi connectivity index (χ4n) is 3.55. The molecule has 0 aromatic carbocycles. The molecule has 3 N–H and O–H groups in total. The number of fused-ring (bicyclic) bond motifs is 1. The number of aromatic nitrogens is 4. The highest BCUT2D eigenvalue weighted by Gasteiger charge is 2.31. The molecule has 168 valence electrons. The number of nitrogens with one attached hydrogen (secondary N) is 2. The molecule has 0 spiro atoms. The average Bonchev–Trinajstić information content (AvgIpc) is 3.45. The highest BCUT2D eigenvalue weighted by molar-refractivity contribution is 6.01. The van der Waals surface area contributed by atoms with Crippen LogP contribution in [0.1, 0.15) is 66.1 Å². The van der Waals surface area contributed by atoms with Crippen molar-refractivity contribution in [1.29, 1.82) is 0 Å². The maximum Gasteiger partial charge on any atom is 0.291 e. The zero-order valence-corrected chi connectivity index (χ0v) is 18.2. The number of hydrogen-bond acceptors (Lipinski definition) is 6. The Hall–Kier alpha value is -3.69. The minimum atomic E-state index is -0.771. The van der Waals surface area contributed by atoms with Crippen molar-refractivity contribution >= 4 is 17.5 Å². The molecule has 0 bridgehead atoms. The lowest BCUT2D eigenvalue weighted by atomic mass is 10.2. The summed E-state index contributed by atoms with van der Waals surface area (Å²) in [7, 11) is 0. The summed E-state index contributed by atoms with van der Waals surface area (Å²) in [6.45, 7) is 5.93. The molecule has 1 saturated carbocycles. The van der Waals surface area contributed by atoms with Crippen molar-refractivity contribution in [2.45, 2.75) is 52.2 Å². The van der Waals surface area contributed by atoms with Gasteiger partial charge in [0.1, 0.15) is 5.56 Å². The van der Waals surface area contributed by atoms with Crippen LogP contribution in [0.15, 0.2) is 35.4 Å². The fraction of sp³-hybridized carbons (Fsp3) is 0.409. The number of nitrogens with zero attached hydrogens (tertiary/aromatic N) is 4. The molecule has 0 saturated heterocycles. The molecule has 3 heterocycles. The van der Waals surface area contributed by atoms with Crippen LogP contribution in [0.4, 0.5) is 0 Å². The summed E-state index contributed by atoms with van der Waals surface area (Å²) in [6.07, 6.45) is 4.60. The molecule has 4 rings (SSSR count). The zero-order chi connectivity index (χ0) is 23.0. The van der Waals surface area contributed by atoms with Crippen molar-refractivity contribution in [3.63, 3.8) is 0 Å². The molecule has 0 radical (unpaired) electrons. The molecule has 1 aliphatic rings. The van der Waals surface area contributed by atoms with E-state index < -0.39 is 23.3 Å². The van der Waals surface area contributed by atoms with Crippen molar-refractivity contribution < 1.29 is 14.7 Å². The van der Waals surface area contributed by atoms with Crippen molar-refractivity contribution in [2.75, 3.05) is 0 Å². The standard InChI is InChI=1S/C22H26N6O4/c1-12(2)11-27-20-15(18(29)25-13(3)16-6-4-5-9-23-16)10-24-28(20)22(32)17(21(27)31)19(30)26-14-7-8-14/h4-6,9-10,12-14,31H,7-8,11H2,1-3H3,(H,25,29)(H,26,30)/t13-/m1/s1. The molecule has 0 unspecified atom stereocenters. The predicted octanol–water partition coefficient (Wildman–Crippen LogP) is 1.64. The van der Waals surface area contributed by atoms with Gasteiger partial charge in [-0.05, 0) is 37.8 Å². The fourth-order valence-corrected chi connectivity index (χ4v) is 3.55. The van der Waals surface area contributed by atoms with Crippen molar-refractivity contribution in [3.8, 4) is 5.88 Å². The van der Waals surface area contributed by atoms with Crippen LogP contribution in [-0.4, -0.2) is 42.1 Å². The monoisotopic (exact) mass is 438 g/mol. The summed E-state index contributed by atoms with van der Waals surface area (Å²) in [6, 6.07) is 5.04. The van der Waals surface area contributed by atoms with Crippen molar-refractivity contribution in [3.05, 3.63) is 57.8 Å². The maximum atomic E-state index is 13.1. The van der Waals surface area contributed by atoms with Gasteiger partial charge < -0.3 is 15.7 Å². The van der Waals surface area contributed by atoms with E-state index in [2.05, 4.69) is 20.7 Å². The Kier molecular flexibility index (Phi) is 5.68. The minimum absolute atomic E-state index is 0.0163. The van der Waals surface area contributed by atoms with Crippen LogP contribution in [0.2, 0.25) is 0 Å². The molecule has 1 fully saturated rings. The lowest BCUT2D eigenvalue weighted by Crippen LogP contribution is -2.35. The third-order valence-corrected chi connectivity index (χ3v) is 5.30. The van der Waals surface area contributed by atoms with E-state index in [4.69, 9.17) is 0 Å². The second kappa shape index (κ2) is 8.45. The second-order valence-electron chi connectivity index (χ2n) is 8.50. The van der Waals surface area contributed by atoms with Gasteiger partial charge in [0.15, 0.2) is 11.2 Å². The number of rotatable bonds is 7. The van der Waals surface area contributed by atoms with E-state index in [9.17, 15) is 19.5 Å². The Balaban J connectivity index is 1.78. The highest BCUT2D eigenvalue weighted by Crippen LogP contribution is 2.24. The maximum absolute atomic E-state index is 13.1. The van der Waals surface area contributed by atoms with Gasteiger partial charge in [0, 0.05) is 18.8 Å². The van der Waals surface area contributed by atoms with E-state index >= 15 is 0 Å². The van der Waals surface area contributed by atoms with E-state index in [-0.39, 0.29) is 41.3 Å². The molecule has 10 heteroatoms. The second-order valence-corrected chi connectivity index (χ2v) is 8.50. The average molecular weight is 438 g/mol. The molecule has 1 aliphatic carbocycles. The first-order valence-electron chi connectivity index (χ1n) is 10.6. The van der Waals surface area contributed by atoms with E-state index in [0.717, 1.165) is 17.4 Å². The smallest absolute Gasteiger partial charge is 0.291 e. The largest absolute Gasteiger partial charge is 0.494 e. The van der Waals surface area contributed by atoms with Gasteiger partial charge in [0.05, 0.1) is 17.9 Å². The van der Waals surface area contributed by atoms with Crippen LogP contribution in [0.5, 0.6) is 5.88 Å². The number of carbonyl (C=O) groups excluding carboxylic acids is 2. The molecule has 32 heavy (non-hydrogen) atoms. The van der Waals surface area contributed by atoms with Crippen LogP contribution < -0.4 is 16.2 Å². The van der Waals surface area contributed by atoms with Gasteiger partial charge in [-0.2, -0.15) is 9.61 Å². The number of carbonyl (C=O) groups is 2. The summed E-state index contributed by atoms with van der Waals surface area (Å²) in [5, 5.41) is 20.6. The molecule has 3 aromatic rings. The van der Waals surface area contributed by atoms with Gasteiger partial charge in [-0.1, -0.05) is 19.9 Å². The SMILES string of the molecule is CC(C)Cn1c(O)c(C(=O)NC2CC2)c(=O)n2ncc(C(=O)N[C@H](C)c3ccccn3)c12. The van der Waals surface area contributed by atoms with Gasteiger partial charge in [-0.15, -0.1) is 0 Å². The van der Waals surface area contributed by atoms with Gasteiger partial charge in [0.2, 0.25) is 5.88 Å². The van der Waals surface area contributed by atoms with Gasteiger partial charge in [0.25, 0.3) is 17.4 Å². The normalized spacial score (nSPS) is 14.5. The Morgan fingerprint density at radius 3 is 2.59 bits per heavy atom. The van der Waals surface area contributed by atoms with Crippen molar-refractivity contribution in [2.24, 2.45) is 5.92 Å². The Bertz CT molecular complexity index is 1230. The number of hydrogen-bond donors (Lipinski definition) is 3. The van der Waals surface area contributed by atoms with Crippen LogP contribution >= 0.6 is 0 Å². The zero-order valence-electron chi connectivity index (χ0n) is 18.2. The summed E-state index contributed by atoms with van der Waals surface area (Å²) in [5.74, 6) is -1.52. The Morgan fingerprint density at radius 1 is 1.22 bits per heavy atom. The lowest BCUT2D eigenvalue weighted by molar-refractivity contribution is 0.0935. The van der Waals surface area contributed by atoms with Crippen molar-refractivity contribution in [1.82, 2.24) is 29.8 Å². The molecular formula is C22H26N6O4. The molecule has 3 aromatic heterocycles. The van der Waals surface area contributed by atoms with E-state index in [1.807, 2.05) is 19.9 Å². The van der Waals surface area contributed by atoms with E-state index in [0.29, 0.717) is 5.69 Å². The predicted molar refractivity (Wildman–Crippen MR) is 117 cm³/mol. The first kappa shape index (κ1) is 21.5. The Labute approximate surface area is 184 Å². The molecular weight excluding hydrogens is 412 g/mol. The lowest BCUT2D eigenvalue weighted by Gasteiger charge is -2.18. The summed E-state index contributed by atoms with van der Waals surface area (Å²) >= 11 is 0. The molecule has 10 nitrogen and oxygen atoms in total. The van der Waals surface area contributed by atoms with Crippen LogP contribution in [0.25, 0.3) is 5.65 Å². The third-order valence-electron chi connectivity index (χ3n) is 5.30. The third kappa shape index (κ3) is 4.08. The minimum Gasteiger partial charge on any atom is -0.494 e.